The fraction of sp³-hybridized carbons (Fsp3) is 0.150. The highest BCUT2D eigenvalue weighted by atomic mass is 32.1. The van der Waals surface area contributed by atoms with Gasteiger partial charge in [-0.05, 0) is 23.6 Å². The summed E-state index contributed by atoms with van der Waals surface area (Å²) >= 11 is 1.57. The lowest BCUT2D eigenvalue weighted by atomic mass is 9.99. The third-order valence-corrected chi connectivity index (χ3v) is 4.59. The molecule has 0 radical (unpaired) electrons. The van der Waals surface area contributed by atoms with Crippen LogP contribution >= 0.6 is 11.3 Å². The molecule has 0 fully saturated rings. The van der Waals surface area contributed by atoms with Crippen molar-refractivity contribution < 1.29 is 10.2 Å². The van der Waals surface area contributed by atoms with Crippen LogP contribution in [0.5, 0.6) is 0 Å². The first kappa shape index (κ1) is 19.6. The topological polar surface area (TPSA) is 64.2 Å². The van der Waals surface area contributed by atoms with Crippen LogP contribution in [-0.2, 0) is 0 Å². The van der Waals surface area contributed by atoms with Gasteiger partial charge in [0.1, 0.15) is 10.9 Å². The van der Waals surface area contributed by atoms with Crippen molar-refractivity contribution in [2.24, 2.45) is 0 Å². The molecular formula is C20H21NO2S. The lowest BCUT2D eigenvalue weighted by Crippen LogP contribution is -1.82. The average Bonchev–Trinajstić information content (AvgIpc) is 3.03. The Labute approximate surface area is 147 Å². The summed E-state index contributed by atoms with van der Waals surface area (Å²) in [5.74, 6) is 0. The van der Waals surface area contributed by atoms with Gasteiger partial charge >= 0.3 is 0 Å². The number of benzene rings is 2. The number of aliphatic hydroxyl groups is 2. The Bertz CT molecular complexity index is 775. The maximum atomic E-state index is 9.42. The minimum absolute atomic E-state index is 0.785. The van der Waals surface area contributed by atoms with Gasteiger partial charge in [0.05, 0.1) is 0 Å². The normalized spacial score (nSPS) is 9.00. The van der Waals surface area contributed by atoms with Crippen LogP contribution in [0.1, 0.15) is 10.4 Å². The number of rotatable bonds is 2. The molecule has 2 N–H and O–H groups in total. The summed E-state index contributed by atoms with van der Waals surface area (Å²) in [7, 11) is 2.00. The summed E-state index contributed by atoms with van der Waals surface area (Å²) in [5, 5.41) is 23.4. The van der Waals surface area contributed by atoms with E-state index in [1.54, 1.807) is 11.3 Å². The second-order valence-corrected chi connectivity index (χ2v) is 5.62. The van der Waals surface area contributed by atoms with Gasteiger partial charge < -0.3 is 10.2 Å². The first-order valence-electron chi connectivity index (χ1n) is 7.35. The highest BCUT2D eigenvalue weighted by molar-refractivity contribution is 7.16. The predicted molar refractivity (Wildman–Crippen MR) is 101 cm³/mol. The van der Waals surface area contributed by atoms with E-state index in [9.17, 15) is 5.26 Å². The minimum Gasteiger partial charge on any atom is -0.400 e. The molecule has 0 spiro atoms. The zero-order chi connectivity index (χ0) is 17.9. The fourth-order valence-electron chi connectivity index (χ4n) is 2.41. The number of nitrogens with zero attached hydrogens (tertiary/aromatic N) is 1. The molecule has 0 unspecified atom stereocenters. The Morgan fingerprint density at radius 1 is 0.792 bits per heavy atom. The van der Waals surface area contributed by atoms with Crippen LogP contribution in [0, 0.1) is 18.3 Å². The van der Waals surface area contributed by atoms with E-state index in [2.05, 4.69) is 37.3 Å². The van der Waals surface area contributed by atoms with Crippen LogP contribution in [0.25, 0.3) is 21.6 Å². The quantitative estimate of drug-likeness (QED) is 0.723. The van der Waals surface area contributed by atoms with Gasteiger partial charge in [0.25, 0.3) is 0 Å². The molecule has 2 aromatic carbocycles. The van der Waals surface area contributed by atoms with Crippen molar-refractivity contribution in [3.8, 4) is 27.6 Å². The summed E-state index contributed by atoms with van der Waals surface area (Å²) in [6, 6.07) is 22.7. The number of nitriles is 1. The van der Waals surface area contributed by atoms with Crippen molar-refractivity contribution in [3.05, 3.63) is 71.1 Å². The van der Waals surface area contributed by atoms with Crippen LogP contribution in [0.4, 0.5) is 0 Å². The third-order valence-electron chi connectivity index (χ3n) is 3.35. The predicted octanol–water partition coefficient (Wildman–Crippen LogP) is 4.48. The smallest absolute Gasteiger partial charge is 0.113 e. The summed E-state index contributed by atoms with van der Waals surface area (Å²) in [6.45, 7) is 2.10. The highest BCUT2D eigenvalue weighted by Gasteiger charge is 2.17. The van der Waals surface area contributed by atoms with Crippen molar-refractivity contribution in [2.75, 3.05) is 14.2 Å². The van der Waals surface area contributed by atoms with Gasteiger partial charge in [0, 0.05) is 24.7 Å². The van der Waals surface area contributed by atoms with Crippen molar-refractivity contribution in [1.82, 2.24) is 0 Å². The van der Waals surface area contributed by atoms with Gasteiger partial charge in [-0.2, -0.15) is 5.26 Å². The molecule has 4 heteroatoms. The molecule has 0 amide bonds. The molecule has 0 aliphatic rings. The van der Waals surface area contributed by atoms with Crippen molar-refractivity contribution in [3.63, 3.8) is 0 Å². The standard InChI is InChI=1S/C18H13NS.2CH4O/c1-13-17(14-8-4-2-5-9-14)16(12-19)20-18(13)15-10-6-3-7-11-15;2*1-2/h2-11H,1H3;2*2H,1H3. The summed E-state index contributed by atoms with van der Waals surface area (Å²) in [4.78, 5) is 1.97. The number of hydrogen-bond acceptors (Lipinski definition) is 4. The lowest BCUT2D eigenvalue weighted by molar-refractivity contribution is 0.399. The van der Waals surface area contributed by atoms with Gasteiger partial charge in [-0.1, -0.05) is 60.7 Å². The Morgan fingerprint density at radius 2 is 1.25 bits per heavy atom. The molecule has 0 aliphatic heterocycles. The number of aliphatic hydroxyl groups excluding tert-OH is 2. The van der Waals surface area contributed by atoms with Crippen molar-refractivity contribution >= 4 is 11.3 Å². The monoisotopic (exact) mass is 339 g/mol. The third kappa shape index (κ3) is 4.30. The Hall–Kier alpha value is -2.45. The molecule has 3 nitrogen and oxygen atoms in total. The highest BCUT2D eigenvalue weighted by Crippen LogP contribution is 2.41. The molecule has 0 bridgehead atoms. The molecule has 1 aromatic heterocycles. The van der Waals surface area contributed by atoms with Crippen molar-refractivity contribution in [2.45, 2.75) is 6.92 Å². The summed E-state index contributed by atoms with van der Waals surface area (Å²) < 4.78 is 0. The van der Waals surface area contributed by atoms with Crippen LogP contribution < -0.4 is 0 Å². The molecule has 3 rings (SSSR count). The maximum Gasteiger partial charge on any atom is 0.113 e. The maximum absolute atomic E-state index is 9.42. The average molecular weight is 339 g/mol. The van der Waals surface area contributed by atoms with Crippen LogP contribution in [0.15, 0.2) is 60.7 Å². The fourth-order valence-corrected chi connectivity index (χ4v) is 3.54. The van der Waals surface area contributed by atoms with E-state index in [0.29, 0.717) is 0 Å². The molecule has 0 saturated heterocycles. The summed E-state index contributed by atoms with van der Waals surface area (Å²) in [6.07, 6.45) is 0. The number of hydrogen-bond donors (Lipinski definition) is 2. The van der Waals surface area contributed by atoms with E-state index in [1.165, 1.54) is 16.0 Å². The first-order valence-corrected chi connectivity index (χ1v) is 8.16. The van der Waals surface area contributed by atoms with E-state index in [1.807, 2.05) is 36.4 Å². The molecule has 0 atom stereocenters. The second-order valence-electron chi connectivity index (χ2n) is 4.60. The lowest BCUT2D eigenvalue weighted by Gasteiger charge is -2.03. The Morgan fingerprint density at radius 3 is 1.71 bits per heavy atom. The van der Waals surface area contributed by atoms with Gasteiger partial charge in [0.15, 0.2) is 0 Å². The number of thiophene rings is 1. The molecule has 0 saturated carbocycles. The van der Waals surface area contributed by atoms with E-state index in [4.69, 9.17) is 10.2 Å². The van der Waals surface area contributed by atoms with E-state index in [-0.39, 0.29) is 0 Å². The molecule has 0 aliphatic carbocycles. The Balaban J connectivity index is 0.000000671. The van der Waals surface area contributed by atoms with Crippen molar-refractivity contribution in [1.29, 1.82) is 5.26 Å². The zero-order valence-corrected chi connectivity index (χ0v) is 14.8. The SMILES string of the molecule is CO.CO.Cc1c(-c2ccccc2)sc(C#N)c1-c1ccccc1. The Kier molecular flexibility index (Phi) is 8.45. The van der Waals surface area contributed by atoms with Crippen LogP contribution in [0.3, 0.4) is 0 Å². The van der Waals surface area contributed by atoms with Crippen LogP contribution in [0.2, 0.25) is 0 Å². The minimum atomic E-state index is 0.785. The van der Waals surface area contributed by atoms with Gasteiger partial charge in [-0.25, -0.2) is 0 Å². The first-order chi connectivity index (χ1) is 11.8. The second kappa shape index (κ2) is 10.3. The molecule has 124 valence electrons. The van der Waals surface area contributed by atoms with Crippen LogP contribution in [-0.4, -0.2) is 24.4 Å². The molecule has 3 aromatic rings. The zero-order valence-electron chi connectivity index (χ0n) is 14.0. The van der Waals surface area contributed by atoms with Gasteiger partial charge in [-0.15, -0.1) is 11.3 Å². The largest absolute Gasteiger partial charge is 0.400 e. The van der Waals surface area contributed by atoms with E-state index >= 15 is 0 Å². The van der Waals surface area contributed by atoms with E-state index < -0.39 is 0 Å². The van der Waals surface area contributed by atoms with Gasteiger partial charge in [0.2, 0.25) is 0 Å². The summed E-state index contributed by atoms with van der Waals surface area (Å²) in [5.41, 5.74) is 4.54. The van der Waals surface area contributed by atoms with Gasteiger partial charge in [-0.3, -0.25) is 0 Å². The van der Waals surface area contributed by atoms with E-state index in [0.717, 1.165) is 30.2 Å². The molecule has 1 heterocycles. The molecular weight excluding hydrogens is 318 g/mol. The molecule has 24 heavy (non-hydrogen) atoms.